The summed E-state index contributed by atoms with van der Waals surface area (Å²) in [5.41, 5.74) is 1.09. The molecule has 0 saturated carbocycles. The summed E-state index contributed by atoms with van der Waals surface area (Å²) in [5, 5.41) is 4.45. The molecule has 0 amide bonds. The Labute approximate surface area is 204 Å². The van der Waals surface area contributed by atoms with Gasteiger partial charge in [0.15, 0.2) is 5.82 Å². The lowest BCUT2D eigenvalue weighted by Crippen LogP contribution is -2.21. The number of rotatable bonds is 5. The first-order valence-corrected chi connectivity index (χ1v) is 11.4. The molecule has 4 aromatic rings. The van der Waals surface area contributed by atoms with Crippen LogP contribution in [0.4, 0.5) is 17.6 Å². The van der Waals surface area contributed by atoms with Gasteiger partial charge in [-0.15, -0.1) is 0 Å². The zero-order valence-electron chi connectivity index (χ0n) is 19.6. The van der Waals surface area contributed by atoms with Crippen molar-refractivity contribution >= 4 is 12.2 Å². The average Bonchev–Trinajstić information content (AvgIpc) is 3.48. The van der Waals surface area contributed by atoms with Crippen molar-refractivity contribution in [1.29, 1.82) is 0 Å². The number of hydrogen-bond donors (Lipinski definition) is 0. The Morgan fingerprint density at radius 1 is 1.14 bits per heavy atom. The highest BCUT2D eigenvalue weighted by Gasteiger charge is 2.37. The normalized spacial score (nSPS) is 15.9. The monoisotopic (exact) mass is 497 g/mol. The summed E-state index contributed by atoms with van der Waals surface area (Å²) in [6.07, 6.45) is 3.18. The Kier molecular flexibility index (Phi) is 6.11. The number of nitrogens with zero attached hydrogens (tertiary/aromatic N) is 5. The van der Waals surface area contributed by atoms with Gasteiger partial charge in [0.2, 0.25) is 0 Å². The SMILES string of the molecule is COc1cc(C=Cc2nc3n(n2)CCC[C@H]3c2ccccc2C(F)(F)F)c(F)cc1-n1cnc(C)c1. The van der Waals surface area contributed by atoms with E-state index < -0.39 is 23.5 Å². The largest absolute Gasteiger partial charge is 0.495 e. The van der Waals surface area contributed by atoms with Crippen LogP contribution >= 0.6 is 0 Å². The molecule has 3 heterocycles. The molecule has 0 fully saturated rings. The minimum Gasteiger partial charge on any atom is -0.495 e. The first-order chi connectivity index (χ1) is 17.2. The van der Waals surface area contributed by atoms with Crippen LogP contribution in [0.5, 0.6) is 5.75 Å². The van der Waals surface area contributed by atoms with E-state index in [1.165, 1.54) is 31.4 Å². The van der Waals surface area contributed by atoms with Crippen LogP contribution < -0.4 is 4.74 Å². The molecular formula is C26H23F4N5O. The number of ether oxygens (including phenoxy) is 1. The fourth-order valence-electron chi connectivity index (χ4n) is 4.56. The van der Waals surface area contributed by atoms with Gasteiger partial charge < -0.3 is 9.30 Å². The van der Waals surface area contributed by atoms with Crippen LogP contribution in [0.2, 0.25) is 0 Å². The summed E-state index contributed by atoms with van der Waals surface area (Å²) in [6, 6.07) is 8.50. The predicted molar refractivity (Wildman–Crippen MR) is 126 cm³/mol. The number of alkyl halides is 3. The van der Waals surface area contributed by atoms with E-state index in [2.05, 4.69) is 15.1 Å². The molecule has 36 heavy (non-hydrogen) atoms. The predicted octanol–water partition coefficient (Wildman–Crippen LogP) is 6.03. The number of aromatic nitrogens is 5. The molecule has 5 rings (SSSR count). The molecule has 0 aliphatic carbocycles. The van der Waals surface area contributed by atoms with Crippen molar-refractivity contribution in [3.8, 4) is 11.4 Å². The lowest BCUT2D eigenvalue weighted by Gasteiger charge is -2.25. The Morgan fingerprint density at radius 3 is 2.67 bits per heavy atom. The lowest BCUT2D eigenvalue weighted by atomic mass is 9.88. The van der Waals surface area contributed by atoms with Gasteiger partial charge in [0.1, 0.15) is 17.4 Å². The van der Waals surface area contributed by atoms with E-state index in [1.54, 1.807) is 40.0 Å². The second-order valence-corrected chi connectivity index (χ2v) is 8.63. The topological polar surface area (TPSA) is 57.8 Å². The molecule has 186 valence electrons. The summed E-state index contributed by atoms with van der Waals surface area (Å²) in [6.45, 7) is 2.39. The van der Waals surface area contributed by atoms with Crippen LogP contribution in [0.1, 0.15) is 52.8 Å². The van der Waals surface area contributed by atoms with Gasteiger partial charge in [-0.3, -0.25) is 0 Å². The molecule has 0 saturated heterocycles. The molecular weight excluding hydrogens is 474 g/mol. The third-order valence-electron chi connectivity index (χ3n) is 6.23. The lowest BCUT2D eigenvalue weighted by molar-refractivity contribution is -0.138. The number of benzene rings is 2. The van der Waals surface area contributed by atoms with Gasteiger partial charge in [-0.2, -0.15) is 18.3 Å². The van der Waals surface area contributed by atoms with E-state index in [4.69, 9.17) is 4.74 Å². The van der Waals surface area contributed by atoms with E-state index in [0.717, 1.165) is 11.8 Å². The number of aryl methyl sites for hydroxylation is 2. The molecule has 0 spiro atoms. The molecule has 0 radical (unpaired) electrons. The van der Waals surface area contributed by atoms with Gasteiger partial charge in [-0.1, -0.05) is 18.2 Å². The summed E-state index contributed by atoms with van der Waals surface area (Å²) in [5.74, 6) is 0.222. The highest BCUT2D eigenvalue weighted by atomic mass is 19.4. The molecule has 2 aromatic heterocycles. The van der Waals surface area contributed by atoms with Crippen LogP contribution in [-0.4, -0.2) is 31.4 Å². The Morgan fingerprint density at radius 2 is 1.94 bits per heavy atom. The summed E-state index contributed by atoms with van der Waals surface area (Å²) in [7, 11) is 1.50. The van der Waals surface area contributed by atoms with Crippen molar-refractivity contribution in [2.45, 2.75) is 38.4 Å². The Hall–Kier alpha value is -3.95. The zero-order chi connectivity index (χ0) is 25.4. The highest BCUT2D eigenvalue weighted by Crippen LogP contribution is 2.40. The standard InChI is InChI=1S/C26H23F4N5O/c1-16-14-34(15-31-16)22-13-21(27)17(12-23(22)36-2)9-10-24-32-25-19(7-5-11-35(25)33-24)18-6-3-4-8-20(18)26(28,29)30/h3-4,6,8-10,12-15,19H,5,7,11H2,1-2H3/t19-/m0/s1. The van der Waals surface area contributed by atoms with E-state index in [-0.39, 0.29) is 11.1 Å². The van der Waals surface area contributed by atoms with Crippen molar-refractivity contribution in [3.05, 3.63) is 88.8 Å². The van der Waals surface area contributed by atoms with Gasteiger partial charge in [0, 0.05) is 30.3 Å². The molecule has 0 bridgehead atoms. The second-order valence-electron chi connectivity index (χ2n) is 8.63. The van der Waals surface area contributed by atoms with Gasteiger partial charge in [0.25, 0.3) is 0 Å². The van der Waals surface area contributed by atoms with Gasteiger partial charge in [0.05, 0.1) is 30.4 Å². The summed E-state index contributed by atoms with van der Waals surface area (Å²) in [4.78, 5) is 8.68. The summed E-state index contributed by atoms with van der Waals surface area (Å²) >= 11 is 0. The highest BCUT2D eigenvalue weighted by molar-refractivity contribution is 5.69. The van der Waals surface area contributed by atoms with E-state index >= 15 is 0 Å². The van der Waals surface area contributed by atoms with Crippen molar-refractivity contribution in [2.75, 3.05) is 7.11 Å². The molecule has 1 aliphatic heterocycles. The smallest absolute Gasteiger partial charge is 0.416 e. The Bertz CT molecular complexity index is 1440. The van der Waals surface area contributed by atoms with Crippen LogP contribution in [0, 0.1) is 12.7 Å². The number of methoxy groups -OCH3 is 1. The molecule has 6 nitrogen and oxygen atoms in total. The maximum Gasteiger partial charge on any atom is 0.416 e. The van der Waals surface area contributed by atoms with Crippen molar-refractivity contribution in [1.82, 2.24) is 24.3 Å². The molecule has 1 aliphatic rings. The van der Waals surface area contributed by atoms with Crippen molar-refractivity contribution in [2.24, 2.45) is 0 Å². The number of halogens is 4. The van der Waals surface area contributed by atoms with Crippen LogP contribution in [0.25, 0.3) is 17.8 Å². The minimum absolute atomic E-state index is 0.190. The van der Waals surface area contributed by atoms with Gasteiger partial charge in [-0.25, -0.2) is 19.0 Å². The summed E-state index contributed by atoms with van der Waals surface area (Å²) < 4.78 is 64.6. The first kappa shape index (κ1) is 23.8. The van der Waals surface area contributed by atoms with E-state index in [0.29, 0.717) is 42.5 Å². The molecule has 0 N–H and O–H groups in total. The van der Waals surface area contributed by atoms with Crippen LogP contribution in [-0.2, 0) is 12.7 Å². The number of fused-ring (bicyclic) bond motifs is 1. The third kappa shape index (κ3) is 4.50. The Balaban J connectivity index is 1.46. The molecule has 2 aromatic carbocycles. The maximum absolute atomic E-state index is 14.9. The first-order valence-electron chi connectivity index (χ1n) is 11.4. The quantitative estimate of drug-likeness (QED) is 0.316. The van der Waals surface area contributed by atoms with Gasteiger partial charge in [-0.05, 0) is 49.6 Å². The molecule has 10 heteroatoms. The zero-order valence-corrected chi connectivity index (χ0v) is 19.6. The maximum atomic E-state index is 14.9. The number of hydrogen-bond acceptors (Lipinski definition) is 4. The van der Waals surface area contributed by atoms with E-state index in [1.807, 2.05) is 6.92 Å². The second kappa shape index (κ2) is 9.25. The average molecular weight is 497 g/mol. The fraction of sp³-hybridized carbons (Fsp3) is 0.269. The van der Waals surface area contributed by atoms with Crippen LogP contribution in [0.15, 0.2) is 48.9 Å². The third-order valence-corrected chi connectivity index (χ3v) is 6.23. The van der Waals surface area contributed by atoms with E-state index in [9.17, 15) is 17.6 Å². The van der Waals surface area contributed by atoms with Crippen LogP contribution in [0.3, 0.4) is 0 Å². The fourth-order valence-corrected chi connectivity index (χ4v) is 4.56. The molecule has 1 atom stereocenters. The van der Waals surface area contributed by atoms with Gasteiger partial charge >= 0.3 is 6.18 Å². The van der Waals surface area contributed by atoms with Crippen molar-refractivity contribution in [3.63, 3.8) is 0 Å². The number of imidazole rings is 1. The van der Waals surface area contributed by atoms with Crippen molar-refractivity contribution < 1.29 is 22.3 Å². The minimum atomic E-state index is -4.46. The molecule has 0 unspecified atom stereocenters.